The highest BCUT2D eigenvalue weighted by molar-refractivity contribution is 8.18. The number of aliphatic imine (C=N–C) groups is 1. The van der Waals surface area contributed by atoms with E-state index in [2.05, 4.69) is 9.89 Å². The number of ether oxygens (including phenoxy) is 1. The second-order valence-electron chi connectivity index (χ2n) is 6.81. The topological polar surface area (TPSA) is 85.7 Å². The Hall–Kier alpha value is -2.43. The summed E-state index contributed by atoms with van der Waals surface area (Å²) in [5.74, 6) is -0.885. The summed E-state index contributed by atoms with van der Waals surface area (Å²) in [6.07, 6.45) is 0.918. The molecular formula is C19H23FN4O4S. The molecule has 1 N–H and O–H groups in total. The molecular weight excluding hydrogens is 399 g/mol. The molecule has 0 spiro atoms. The van der Waals surface area contributed by atoms with Crippen molar-refractivity contribution in [3.63, 3.8) is 0 Å². The third kappa shape index (κ3) is 5.34. The third-order valence-electron chi connectivity index (χ3n) is 4.49. The fourth-order valence-electron chi connectivity index (χ4n) is 2.88. The van der Waals surface area contributed by atoms with Gasteiger partial charge in [-0.25, -0.2) is 9.18 Å². The molecule has 0 aliphatic carbocycles. The number of amidine groups is 1. The number of rotatable bonds is 4. The van der Waals surface area contributed by atoms with Crippen LogP contribution in [0.2, 0.25) is 0 Å². The number of carbonyl (C=O) groups is 2. The molecule has 1 aromatic carbocycles. The molecule has 0 unspecified atom stereocenters. The fraction of sp³-hybridized carbons (Fsp3) is 0.421. The second kappa shape index (κ2) is 9.38. The summed E-state index contributed by atoms with van der Waals surface area (Å²) in [5.41, 5.74) is 0.418. The summed E-state index contributed by atoms with van der Waals surface area (Å²) in [4.78, 5) is 34.2. The van der Waals surface area contributed by atoms with Crippen molar-refractivity contribution in [3.8, 4) is 5.75 Å². The Bertz CT molecular complexity index is 851. The van der Waals surface area contributed by atoms with Crippen LogP contribution in [-0.2, 0) is 4.79 Å². The average molecular weight is 422 g/mol. The zero-order chi connectivity index (χ0) is 21.0. The molecule has 8 nitrogen and oxygen atoms in total. The Morgan fingerprint density at radius 2 is 2.07 bits per heavy atom. The van der Waals surface area contributed by atoms with Gasteiger partial charge in [0.1, 0.15) is 11.6 Å². The van der Waals surface area contributed by atoms with E-state index in [1.54, 1.807) is 6.08 Å². The fourth-order valence-corrected chi connectivity index (χ4v) is 3.84. The third-order valence-corrected chi connectivity index (χ3v) is 5.54. The highest BCUT2D eigenvalue weighted by Gasteiger charge is 2.28. The SMILES string of the molecule is CN(C)C(=O)Oc1cc(F)ccc1/C=C1\SC(N2CCN(CCO)CC2)=NC1=O. The van der Waals surface area contributed by atoms with E-state index in [0.29, 0.717) is 35.3 Å². The van der Waals surface area contributed by atoms with Crippen LogP contribution in [0.1, 0.15) is 5.56 Å². The van der Waals surface area contributed by atoms with Gasteiger partial charge in [-0.15, -0.1) is 0 Å². The number of piperazine rings is 1. The molecule has 0 aromatic heterocycles. The molecule has 2 amide bonds. The summed E-state index contributed by atoms with van der Waals surface area (Å²) < 4.78 is 18.9. The molecule has 1 saturated heterocycles. The molecule has 29 heavy (non-hydrogen) atoms. The van der Waals surface area contributed by atoms with Gasteiger partial charge >= 0.3 is 6.09 Å². The van der Waals surface area contributed by atoms with Gasteiger partial charge in [0, 0.05) is 58.4 Å². The van der Waals surface area contributed by atoms with Crippen LogP contribution in [0.4, 0.5) is 9.18 Å². The van der Waals surface area contributed by atoms with Crippen molar-refractivity contribution in [3.05, 3.63) is 34.5 Å². The highest BCUT2D eigenvalue weighted by Crippen LogP contribution is 2.33. The number of benzene rings is 1. The van der Waals surface area contributed by atoms with Crippen LogP contribution in [-0.4, -0.2) is 90.4 Å². The molecule has 1 fully saturated rings. The number of nitrogens with zero attached hydrogens (tertiary/aromatic N) is 4. The molecule has 2 aliphatic heterocycles. The molecule has 10 heteroatoms. The van der Waals surface area contributed by atoms with Crippen LogP contribution in [0, 0.1) is 5.82 Å². The van der Waals surface area contributed by atoms with E-state index in [1.165, 1.54) is 42.9 Å². The van der Waals surface area contributed by atoms with Crippen molar-refractivity contribution < 1.29 is 23.8 Å². The second-order valence-corrected chi connectivity index (χ2v) is 7.82. The minimum atomic E-state index is -0.640. The van der Waals surface area contributed by atoms with Crippen LogP contribution < -0.4 is 4.74 Å². The first-order chi connectivity index (χ1) is 13.9. The number of β-amino-alcohol motifs (C(OH)–C–C–N with tert-alkyl or cyclic N) is 1. The van der Waals surface area contributed by atoms with Gasteiger partial charge in [-0.2, -0.15) is 4.99 Å². The predicted molar refractivity (Wildman–Crippen MR) is 109 cm³/mol. The first kappa shape index (κ1) is 21.3. The molecule has 3 rings (SSSR count). The number of halogens is 1. The molecule has 2 heterocycles. The van der Waals surface area contributed by atoms with Crippen molar-refractivity contribution >= 4 is 35.0 Å². The summed E-state index contributed by atoms with van der Waals surface area (Å²) in [6, 6.07) is 3.81. The lowest BCUT2D eigenvalue weighted by Gasteiger charge is -2.34. The number of aliphatic hydroxyl groups is 1. The summed E-state index contributed by atoms with van der Waals surface area (Å²) in [7, 11) is 3.05. The van der Waals surface area contributed by atoms with Crippen molar-refractivity contribution in [2.75, 3.05) is 53.4 Å². The van der Waals surface area contributed by atoms with Gasteiger partial charge in [0.25, 0.3) is 5.91 Å². The van der Waals surface area contributed by atoms with Gasteiger partial charge in [-0.05, 0) is 30.0 Å². The number of hydrogen-bond donors (Lipinski definition) is 1. The Kier molecular flexibility index (Phi) is 6.88. The smallest absolute Gasteiger partial charge is 0.409 e. The Labute approximate surface area is 172 Å². The minimum absolute atomic E-state index is 0.0377. The zero-order valence-electron chi connectivity index (χ0n) is 16.3. The molecule has 0 saturated carbocycles. The van der Waals surface area contributed by atoms with E-state index in [-0.39, 0.29) is 18.3 Å². The van der Waals surface area contributed by atoms with Gasteiger partial charge in [0.2, 0.25) is 0 Å². The van der Waals surface area contributed by atoms with E-state index in [1.807, 2.05) is 4.90 Å². The lowest BCUT2D eigenvalue weighted by atomic mass is 10.2. The Balaban J connectivity index is 1.73. The van der Waals surface area contributed by atoms with Crippen molar-refractivity contribution in [2.45, 2.75) is 0 Å². The van der Waals surface area contributed by atoms with Crippen molar-refractivity contribution in [1.82, 2.24) is 14.7 Å². The van der Waals surface area contributed by atoms with E-state index in [4.69, 9.17) is 9.84 Å². The van der Waals surface area contributed by atoms with E-state index in [9.17, 15) is 14.0 Å². The van der Waals surface area contributed by atoms with Gasteiger partial charge < -0.3 is 19.6 Å². The van der Waals surface area contributed by atoms with E-state index >= 15 is 0 Å². The summed E-state index contributed by atoms with van der Waals surface area (Å²) in [5, 5.41) is 9.66. The lowest BCUT2D eigenvalue weighted by molar-refractivity contribution is -0.113. The van der Waals surface area contributed by atoms with Gasteiger partial charge in [-0.3, -0.25) is 9.69 Å². The highest BCUT2D eigenvalue weighted by atomic mass is 32.2. The van der Waals surface area contributed by atoms with Crippen molar-refractivity contribution in [1.29, 1.82) is 0 Å². The Morgan fingerprint density at radius 3 is 2.72 bits per heavy atom. The maximum Gasteiger partial charge on any atom is 0.414 e. The first-order valence-corrected chi connectivity index (χ1v) is 9.98. The molecule has 0 bridgehead atoms. The van der Waals surface area contributed by atoms with Crippen LogP contribution >= 0.6 is 11.8 Å². The Morgan fingerprint density at radius 1 is 1.34 bits per heavy atom. The zero-order valence-corrected chi connectivity index (χ0v) is 17.1. The van der Waals surface area contributed by atoms with Gasteiger partial charge in [0.05, 0.1) is 11.5 Å². The normalized spacial score (nSPS) is 18.9. The van der Waals surface area contributed by atoms with Gasteiger partial charge in [-0.1, -0.05) is 0 Å². The molecule has 156 valence electrons. The number of carbonyl (C=O) groups excluding carboxylic acids is 2. The van der Waals surface area contributed by atoms with Crippen LogP contribution in [0.5, 0.6) is 5.75 Å². The number of thioether (sulfide) groups is 1. The van der Waals surface area contributed by atoms with Crippen LogP contribution in [0.3, 0.4) is 0 Å². The molecule has 2 aliphatic rings. The summed E-state index contributed by atoms with van der Waals surface area (Å²) in [6.45, 7) is 3.77. The lowest BCUT2D eigenvalue weighted by Crippen LogP contribution is -2.48. The van der Waals surface area contributed by atoms with Gasteiger partial charge in [0.15, 0.2) is 5.17 Å². The first-order valence-electron chi connectivity index (χ1n) is 9.17. The minimum Gasteiger partial charge on any atom is -0.409 e. The van der Waals surface area contributed by atoms with Crippen LogP contribution in [0.15, 0.2) is 28.1 Å². The van der Waals surface area contributed by atoms with Crippen LogP contribution in [0.25, 0.3) is 6.08 Å². The number of aliphatic hydroxyl groups excluding tert-OH is 1. The quantitative estimate of drug-likeness (QED) is 0.736. The molecule has 0 radical (unpaired) electrons. The average Bonchev–Trinajstić information content (AvgIpc) is 3.05. The number of hydrogen-bond acceptors (Lipinski definition) is 7. The molecule has 0 atom stereocenters. The van der Waals surface area contributed by atoms with E-state index in [0.717, 1.165) is 19.2 Å². The maximum atomic E-state index is 13.6. The maximum absolute atomic E-state index is 13.6. The monoisotopic (exact) mass is 422 g/mol. The molecule has 1 aromatic rings. The largest absolute Gasteiger partial charge is 0.414 e. The van der Waals surface area contributed by atoms with Crippen molar-refractivity contribution in [2.24, 2.45) is 4.99 Å². The predicted octanol–water partition coefficient (Wildman–Crippen LogP) is 1.47. The number of amides is 2. The standard InChI is InChI=1S/C19H23FN4O4S/c1-22(2)19(27)28-15-12-14(20)4-3-13(15)11-16-17(26)21-18(29-16)24-7-5-23(6-8-24)9-10-25/h3-4,11-12,25H,5-10H2,1-2H3/b16-11-. The van der Waals surface area contributed by atoms with E-state index < -0.39 is 11.9 Å². The summed E-state index contributed by atoms with van der Waals surface area (Å²) >= 11 is 1.25.